The molecule has 0 bridgehead atoms. The molecule has 2 heterocycles. The third kappa shape index (κ3) is 4.19. The lowest BCUT2D eigenvalue weighted by Gasteiger charge is -2.26. The zero-order valence-electron chi connectivity index (χ0n) is 15.2. The lowest BCUT2D eigenvalue weighted by atomic mass is 9.90. The first kappa shape index (κ1) is 17.9. The Bertz CT molecular complexity index is 783. The number of amides is 1. The van der Waals surface area contributed by atoms with Crippen LogP contribution in [-0.4, -0.2) is 46.8 Å². The van der Waals surface area contributed by atoms with E-state index in [4.69, 9.17) is 0 Å². The number of rotatable bonds is 6. The fraction of sp³-hybridized carbons (Fsp3) is 0.444. The average molecular weight is 355 g/mol. The van der Waals surface area contributed by atoms with Gasteiger partial charge in [0.1, 0.15) is 12.2 Å². The summed E-state index contributed by atoms with van der Waals surface area (Å²) in [6.07, 6.45) is 3.08. The topological polar surface area (TPSA) is 96.2 Å². The van der Waals surface area contributed by atoms with E-state index in [0.29, 0.717) is 19.5 Å². The molecule has 8 nitrogen and oxygen atoms in total. The first-order chi connectivity index (χ1) is 12.7. The highest BCUT2D eigenvalue weighted by atomic mass is 16.1. The molecule has 26 heavy (non-hydrogen) atoms. The van der Waals surface area contributed by atoms with E-state index in [-0.39, 0.29) is 11.8 Å². The molecule has 0 spiro atoms. The Hall–Kier alpha value is -2.90. The monoisotopic (exact) mass is 355 g/mol. The smallest absolute Gasteiger partial charge is 0.225 e. The number of guanidine groups is 1. The Kier molecular flexibility index (Phi) is 5.83. The maximum Gasteiger partial charge on any atom is 0.225 e. The van der Waals surface area contributed by atoms with Gasteiger partial charge in [0.05, 0.1) is 0 Å². The fourth-order valence-electron chi connectivity index (χ4n) is 3.16. The molecule has 3 rings (SSSR count). The van der Waals surface area contributed by atoms with Crippen molar-refractivity contribution < 1.29 is 4.79 Å². The van der Waals surface area contributed by atoms with Crippen molar-refractivity contribution in [1.82, 2.24) is 25.4 Å². The van der Waals surface area contributed by atoms with E-state index < -0.39 is 0 Å². The van der Waals surface area contributed by atoms with Gasteiger partial charge in [-0.05, 0) is 11.6 Å². The second-order valence-corrected chi connectivity index (χ2v) is 6.21. The minimum Gasteiger partial charge on any atom is -0.356 e. The number of nitrogens with one attached hydrogen (secondary N) is 3. The Labute approximate surface area is 153 Å². The summed E-state index contributed by atoms with van der Waals surface area (Å²) in [5, 5.41) is 17.6. The molecule has 1 aromatic carbocycles. The van der Waals surface area contributed by atoms with Crippen molar-refractivity contribution in [3.05, 3.63) is 42.0 Å². The SMILES string of the molecule is CCc1nncn1CCNC(=NC)NCC1CC(=O)Nc2ccccc21. The Morgan fingerprint density at radius 3 is 3.04 bits per heavy atom. The van der Waals surface area contributed by atoms with E-state index in [1.807, 2.05) is 22.8 Å². The van der Waals surface area contributed by atoms with Crippen LogP contribution >= 0.6 is 0 Å². The van der Waals surface area contributed by atoms with Crippen LogP contribution in [0, 0.1) is 0 Å². The molecular formula is C18H25N7O. The van der Waals surface area contributed by atoms with Gasteiger partial charge in [0.15, 0.2) is 5.96 Å². The van der Waals surface area contributed by atoms with E-state index >= 15 is 0 Å². The number of carbonyl (C=O) groups is 1. The number of nitrogens with zero attached hydrogens (tertiary/aromatic N) is 4. The van der Waals surface area contributed by atoms with Crippen LogP contribution in [0.25, 0.3) is 0 Å². The lowest BCUT2D eigenvalue weighted by Crippen LogP contribution is -2.41. The molecule has 0 saturated carbocycles. The third-order valence-corrected chi connectivity index (χ3v) is 4.50. The van der Waals surface area contributed by atoms with Crippen molar-refractivity contribution >= 4 is 17.6 Å². The number of aromatic nitrogens is 3. The van der Waals surface area contributed by atoms with Crippen molar-refractivity contribution in [2.75, 3.05) is 25.5 Å². The normalized spacial score (nSPS) is 16.8. The lowest BCUT2D eigenvalue weighted by molar-refractivity contribution is -0.116. The van der Waals surface area contributed by atoms with Crippen LogP contribution in [0.4, 0.5) is 5.69 Å². The van der Waals surface area contributed by atoms with Gasteiger partial charge in [0, 0.05) is 51.1 Å². The van der Waals surface area contributed by atoms with Gasteiger partial charge in [-0.3, -0.25) is 9.79 Å². The molecule has 138 valence electrons. The molecule has 2 aromatic rings. The molecule has 1 unspecified atom stereocenters. The third-order valence-electron chi connectivity index (χ3n) is 4.50. The summed E-state index contributed by atoms with van der Waals surface area (Å²) in [4.78, 5) is 16.2. The summed E-state index contributed by atoms with van der Waals surface area (Å²) in [5.74, 6) is 1.88. The fourth-order valence-corrected chi connectivity index (χ4v) is 3.16. The molecule has 1 aromatic heterocycles. The molecule has 0 fully saturated rings. The van der Waals surface area contributed by atoms with E-state index in [1.165, 1.54) is 0 Å². The summed E-state index contributed by atoms with van der Waals surface area (Å²) in [6.45, 7) is 4.20. The number of benzene rings is 1. The van der Waals surface area contributed by atoms with Gasteiger partial charge < -0.3 is 20.5 Å². The molecule has 0 saturated heterocycles. The molecule has 3 N–H and O–H groups in total. The van der Waals surface area contributed by atoms with Crippen LogP contribution < -0.4 is 16.0 Å². The van der Waals surface area contributed by atoms with Crippen LogP contribution in [0.1, 0.15) is 30.7 Å². The number of fused-ring (bicyclic) bond motifs is 1. The molecular weight excluding hydrogens is 330 g/mol. The Balaban J connectivity index is 1.52. The van der Waals surface area contributed by atoms with Crippen LogP contribution in [0.3, 0.4) is 0 Å². The standard InChI is InChI=1S/C18H25N7O/c1-3-16-24-22-12-25(16)9-8-20-18(19-2)21-11-13-10-17(26)23-15-7-5-4-6-14(13)15/h4-7,12-13H,3,8-11H2,1-2H3,(H,23,26)(H2,19,20,21). The van der Waals surface area contributed by atoms with Crippen LogP contribution in [0.15, 0.2) is 35.6 Å². The van der Waals surface area contributed by atoms with Gasteiger partial charge in [-0.1, -0.05) is 25.1 Å². The van der Waals surface area contributed by atoms with Gasteiger partial charge in [0.25, 0.3) is 0 Å². The summed E-state index contributed by atoms with van der Waals surface area (Å²) in [6, 6.07) is 7.94. The quantitative estimate of drug-likeness (QED) is 0.533. The van der Waals surface area contributed by atoms with Gasteiger partial charge in [-0.15, -0.1) is 10.2 Å². The minimum absolute atomic E-state index is 0.0538. The molecule has 1 aliphatic rings. The van der Waals surface area contributed by atoms with Gasteiger partial charge in [0.2, 0.25) is 5.91 Å². The van der Waals surface area contributed by atoms with Gasteiger partial charge in [-0.2, -0.15) is 0 Å². The maximum atomic E-state index is 11.9. The number of aliphatic imine (C=N–C) groups is 1. The number of anilines is 1. The van der Waals surface area contributed by atoms with Crippen molar-refractivity contribution in [1.29, 1.82) is 0 Å². The van der Waals surface area contributed by atoms with E-state index in [2.05, 4.69) is 44.1 Å². The van der Waals surface area contributed by atoms with Crippen molar-refractivity contribution in [3.63, 3.8) is 0 Å². The first-order valence-corrected chi connectivity index (χ1v) is 8.91. The van der Waals surface area contributed by atoms with E-state index in [9.17, 15) is 4.79 Å². The second kappa shape index (κ2) is 8.46. The number of hydrogen-bond donors (Lipinski definition) is 3. The summed E-state index contributed by atoms with van der Waals surface area (Å²) < 4.78 is 2.03. The highest BCUT2D eigenvalue weighted by molar-refractivity contribution is 5.94. The van der Waals surface area contributed by atoms with Crippen LogP contribution in [0.5, 0.6) is 0 Å². The van der Waals surface area contributed by atoms with E-state index in [1.54, 1.807) is 13.4 Å². The number of aryl methyl sites for hydroxylation is 1. The second-order valence-electron chi connectivity index (χ2n) is 6.21. The Morgan fingerprint density at radius 2 is 2.23 bits per heavy atom. The number of hydrogen-bond acceptors (Lipinski definition) is 4. The summed E-state index contributed by atoms with van der Waals surface area (Å²) >= 11 is 0. The van der Waals surface area contributed by atoms with Gasteiger partial charge in [-0.25, -0.2) is 0 Å². The van der Waals surface area contributed by atoms with Crippen molar-refractivity contribution in [2.45, 2.75) is 32.2 Å². The predicted octanol–water partition coefficient (Wildman–Crippen LogP) is 1.13. The molecule has 1 amide bonds. The average Bonchev–Trinajstić information content (AvgIpc) is 3.11. The molecule has 1 aliphatic heterocycles. The molecule has 0 radical (unpaired) electrons. The number of carbonyl (C=O) groups excluding carboxylic acids is 1. The summed E-state index contributed by atoms with van der Waals surface area (Å²) in [5.41, 5.74) is 2.06. The van der Waals surface area contributed by atoms with Crippen molar-refractivity contribution in [3.8, 4) is 0 Å². The molecule has 1 atom stereocenters. The minimum atomic E-state index is 0.0538. The van der Waals surface area contributed by atoms with Crippen molar-refractivity contribution in [2.24, 2.45) is 4.99 Å². The van der Waals surface area contributed by atoms with Crippen LogP contribution in [-0.2, 0) is 17.8 Å². The molecule has 0 aliphatic carbocycles. The zero-order chi connectivity index (χ0) is 18.4. The van der Waals surface area contributed by atoms with Gasteiger partial charge >= 0.3 is 0 Å². The maximum absolute atomic E-state index is 11.9. The highest BCUT2D eigenvalue weighted by Gasteiger charge is 2.24. The van der Waals surface area contributed by atoms with E-state index in [0.717, 1.165) is 36.0 Å². The first-order valence-electron chi connectivity index (χ1n) is 8.91. The highest BCUT2D eigenvalue weighted by Crippen LogP contribution is 2.31. The summed E-state index contributed by atoms with van der Waals surface area (Å²) in [7, 11) is 1.74. The zero-order valence-corrected chi connectivity index (χ0v) is 15.2. The Morgan fingerprint density at radius 1 is 1.38 bits per heavy atom. The largest absolute Gasteiger partial charge is 0.356 e. The van der Waals surface area contributed by atoms with Crippen LogP contribution in [0.2, 0.25) is 0 Å². The molecule has 8 heteroatoms. The predicted molar refractivity (Wildman–Crippen MR) is 101 cm³/mol. The number of para-hydroxylation sites is 1.